The van der Waals surface area contributed by atoms with Gasteiger partial charge in [-0.15, -0.1) is 0 Å². The van der Waals surface area contributed by atoms with Gasteiger partial charge in [0.15, 0.2) is 0 Å². The van der Waals surface area contributed by atoms with Gasteiger partial charge in [0, 0.05) is 13.1 Å². The Kier molecular flexibility index (Phi) is 2.97. The molecule has 2 rings (SSSR count). The number of carbonyl (C=O) groups excluding carboxylic acids is 1. The number of esters is 1. The van der Waals surface area contributed by atoms with Crippen LogP contribution in [0.3, 0.4) is 0 Å². The predicted octanol–water partition coefficient (Wildman–Crippen LogP) is 0.941. The smallest absolute Gasteiger partial charge is 0.341 e. The van der Waals surface area contributed by atoms with Crippen LogP contribution in [0.1, 0.15) is 28.8 Å². The fourth-order valence-electron chi connectivity index (χ4n) is 2.18. The molecule has 1 aliphatic heterocycles. The van der Waals surface area contributed by atoms with Crippen molar-refractivity contribution in [3.8, 4) is 0 Å². The third kappa shape index (κ3) is 2.50. The normalized spacial score (nSPS) is 18.8. The molecule has 1 fully saturated rings. The van der Waals surface area contributed by atoms with Crippen molar-refractivity contribution in [1.82, 2.24) is 4.90 Å². The summed E-state index contributed by atoms with van der Waals surface area (Å²) >= 11 is 0. The number of nitrogens with zero attached hydrogens (tertiary/aromatic N) is 1. The van der Waals surface area contributed by atoms with E-state index in [2.05, 4.69) is 9.64 Å². The zero-order chi connectivity index (χ0) is 12.6. The van der Waals surface area contributed by atoms with Crippen molar-refractivity contribution in [3.05, 3.63) is 23.2 Å². The number of furan rings is 1. The predicted molar refractivity (Wildman–Crippen MR) is 60.7 cm³/mol. The van der Waals surface area contributed by atoms with E-state index in [9.17, 15) is 9.90 Å². The third-order valence-electron chi connectivity index (χ3n) is 2.88. The summed E-state index contributed by atoms with van der Waals surface area (Å²) in [6, 6.07) is 1.70. The molecule has 1 saturated heterocycles. The van der Waals surface area contributed by atoms with Crippen molar-refractivity contribution in [2.45, 2.75) is 26.0 Å². The molecule has 94 valence electrons. The molecule has 1 aliphatic rings. The van der Waals surface area contributed by atoms with E-state index >= 15 is 0 Å². The van der Waals surface area contributed by atoms with E-state index in [4.69, 9.17) is 4.42 Å². The Hall–Kier alpha value is -1.33. The number of rotatable bonds is 3. The molecule has 0 bridgehead atoms. The maximum absolute atomic E-state index is 11.4. The van der Waals surface area contributed by atoms with E-state index in [1.54, 1.807) is 19.9 Å². The van der Waals surface area contributed by atoms with E-state index in [-0.39, 0.29) is 5.97 Å². The standard InChI is InChI=1S/C12H17NO4/c1-8-10(11(14)16-3)4-9(17-8)5-13-6-12(2,15)7-13/h4,15H,5-7H2,1-3H3. The lowest BCUT2D eigenvalue weighted by Gasteiger charge is -2.43. The van der Waals surface area contributed by atoms with E-state index in [1.807, 2.05) is 0 Å². The average Bonchev–Trinajstić information content (AvgIpc) is 2.56. The molecule has 1 N–H and O–H groups in total. The van der Waals surface area contributed by atoms with E-state index in [0.717, 1.165) is 5.76 Å². The highest BCUT2D eigenvalue weighted by molar-refractivity contribution is 5.90. The van der Waals surface area contributed by atoms with Crippen molar-refractivity contribution in [1.29, 1.82) is 0 Å². The minimum absolute atomic E-state index is 0.381. The Morgan fingerprint density at radius 3 is 2.82 bits per heavy atom. The topological polar surface area (TPSA) is 62.9 Å². The molecule has 0 unspecified atom stereocenters. The fourth-order valence-corrected chi connectivity index (χ4v) is 2.18. The molecule has 5 heteroatoms. The lowest BCUT2D eigenvalue weighted by atomic mass is 9.97. The molecular weight excluding hydrogens is 222 g/mol. The van der Waals surface area contributed by atoms with Crippen LogP contribution in [-0.2, 0) is 11.3 Å². The van der Waals surface area contributed by atoms with Crippen LogP contribution < -0.4 is 0 Å². The summed E-state index contributed by atoms with van der Waals surface area (Å²) in [6.07, 6.45) is 0. The van der Waals surface area contributed by atoms with Gasteiger partial charge in [-0.05, 0) is 19.9 Å². The number of aryl methyl sites for hydroxylation is 1. The molecule has 0 radical (unpaired) electrons. The first kappa shape index (κ1) is 12.1. The first-order valence-corrected chi connectivity index (χ1v) is 5.54. The van der Waals surface area contributed by atoms with Crippen molar-refractivity contribution in [3.63, 3.8) is 0 Å². The average molecular weight is 239 g/mol. The van der Waals surface area contributed by atoms with Gasteiger partial charge in [0.05, 0.1) is 19.3 Å². The Bertz CT molecular complexity index is 428. The van der Waals surface area contributed by atoms with Crippen LogP contribution in [0.2, 0.25) is 0 Å². The van der Waals surface area contributed by atoms with Crippen LogP contribution in [0, 0.1) is 6.92 Å². The summed E-state index contributed by atoms with van der Waals surface area (Å²) in [5.41, 5.74) is -0.123. The molecule has 1 aromatic rings. The molecule has 0 atom stereocenters. The largest absolute Gasteiger partial charge is 0.465 e. The Balaban J connectivity index is 2.01. The van der Waals surface area contributed by atoms with Crippen LogP contribution in [0.25, 0.3) is 0 Å². The summed E-state index contributed by atoms with van der Waals surface area (Å²) in [6.45, 7) is 5.40. The highest BCUT2D eigenvalue weighted by atomic mass is 16.5. The summed E-state index contributed by atoms with van der Waals surface area (Å²) in [7, 11) is 1.35. The number of hydrogen-bond acceptors (Lipinski definition) is 5. The molecule has 17 heavy (non-hydrogen) atoms. The second-order valence-electron chi connectivity index (χ2n) is 4.82. The van der Waals surface area contributed by atoms with Crippen LogP contribution in [-0.4, -0.2) is 41.8 Å². The van der Waals surface area contributed by atoms with Crippen LogP contribution >= 0.6 is 0 Å². The highest BCUT2D eigenvalue weighted by Gasteiger charge is 2.36. The third-order valence-corrected chi connectivity index (χ3v) is 2.88. The lowest BCUT2D eigenvalue weighted by Crippen LogP contribution is -2.59. The van der Waals surface area contributed by atoms with Crippen molar-refractivity contribution in [2.24, 2.45) is 0 Å². The number of methoxy groups -OCH3 is 1. The summed E-state index contributed by atoms with van der Waals surface area (Å²) in [5.74, 6) is 0.908. The van der Waals surface area contributed by atoms with Crippen molar-refractivity contribution < 1.29 is 19.1 Å². The van der Waals surface area contributed by atoms with Gasteiger partial charge in [0.1, 0.15) is 17.1 Å². The van der Waals surface area contributed by atoms with Gasteiger partial charge < -0.3 is 14.3 Å². The molecule has 1 aromatic heterocycles. The molecule has 5 nitrogen and oxygen atoms in total. The molecule has 0 saturated carbocycles. The molecule has 0 aromatic carbocycles. The Morgan fingerprint density at radius 1 is 1.65 bits per heavy atom. The zero-order valence-electron chi connectivity index (χ0n) is 10.3. The van der Waals surface area contributed by atoms with Crippen LogP contribution in [0.5, 0.6) is 0 Å². The van der Waals surface area contributed by atoms with E-state index in [1.165, 1.54) is 7.11 Å². The van der Waals surface area contributed by atoms with Gasteiger partial charge in [-0.25, -0.2) is 4.79 Å². The number of carbonyl (C=O) groups is 1. The first-order valence-electron chi connectivity index (χ1n) is 5.54. The van der Waals surface area contributed by atoms with Gasteiger partial charge in [-0.2, -0.15) is 0 Å². The monoisotopic (exact) mass is 239 g/mol. The second kappa shape index (κ2) is 4.16. The van der Waals surface area contributed by atoms with Gasteiger partial charge in [0.2, 0.25) is 0 Å². The van der Waals surface area contributed by atoms with Gasteiger partial charge in [0.25, 0.3) is 0 Å². The van der Waals surface area contributed by atoms with E-state index < -0.39 is 5.60 Å². The molecular formula is C12H17NO4. The van der Waals surface area contributed by atoms with E-state index in [0.29, 0.717) is 31.0 Å². The molecule has 0 amide bonds. The maximum atomic E-state index is 11.4. The highest BCUT2D eigenvalue weighted by Crippen LogP contribution is 2.24. The Morgan fingerprint density at radius 2 is 2.29 bits per heavy atom. The summed E-state index contributed by atoms with van der Waals surface area (Å²) in [5, 5.41) is 9.60. The summed E-state index contributed by atoms with van der Waals surface area (Å²) in [4.78, 5) is 13.4. The Labute approximate surface area is 100.0 Å². The van der Waals surface area contributed by atoms with Crippen molar-refractivity contribution in [2.75, 3.05) is 20.2 Å². The van der Waals surface area contributed by atoms with Crippen LogP contribution in [0.15, 0.2) is 10.5 Å². The molecule has 0 aliphatic carbocycles. The number of aliphatic hydroxyl groups is 1. The number of hydrogen-bond donors (Lipinski definition) is 1. The second-order valence-corrected chi connectivity index (χ2v) is 4.82. The number of likely N-dealkylation sites (tertiary alicyclic amines) is 1. The summed E-state index contributed by atoms with van der Waals surface area (Å²) < 4.78 is 10.1. The lowest BCUT2D eigenvalue weighted by molar-refractivity contribution is -0.0891. The maximum Gasteiger partial charge on any atom is 0.341 e. The zero-order valence-corrected chi connectivity index (χ0v) is 10.3. The van der Waals surface area contributed by atoms with Gasteiger partial charge in [-0.3, -0.25) is 4.90 Å². The van der Waals surface area contributed by atoms with Crippen molar-refractivity contribution >= 4 is 5.97 Å². The minimum Gasteiger partial charge on any atom is -0.465 e. The van der Waals surface area contributed by atoms with Gasteiger partial charge >= 0.3 is 5.97 Å². The van der Waals surface area contributed by atoms with Gasteiger partial charge in [-0.1, -0.05) is 0 Å². The van der Waals surface area contributed by atoms with Crippen LogP contribution in [0.4, 0.5) is 0 Å². The molecule has 2 heterocycles. The fraction of sp³-hybridized carbons (Fsp3) is 0.583. The number of ether oxygens (including phenoxy) is 1. The SMILES string of the molecule is COC(=O)c1cc(CN2CC(C)(O)C2)oc1C. The quantitative estimate of drug-likeness (QED) is 0.795. The minimum atomic E-state index is -0.590. The number of β-amino-alcohol motifs (C(OH)–C–C–N with tert-alkyl or cyclic N) is 1. The first-order chi connectivity index (χ1) is 7.91. The molecule has 0 spiro atoms.